The first-order valence-corrected chi connectivity index (χ1v) is 5.88. The highest BCUT2D eigenvalue weighted by molar-refractivity contribution is 5.96. The van der Waals surface area contributed by atoms with E-state index in [2.05, 4.69) is 17.1 Å². The van der Waals surface area contributed by atoms with Gasteiger partial charge >= 0.3 is 0 Å². The maximum Gasteiger partial charge on any atom is 0.115 e. The number of phenolic OH excluding ortho intramolecular Hbond substituents is 1. The van der Waals surface area contributed by atoms with Gasteiger partial charge in [0.1, 0.15) is 5.75 Å². The van der Waals surface area contributed by atoms with Crippen molar-refractivity contribution in [3.63, 3.8) is 0 Å². The second-order valence-electron chi connectivity index (χ2n) is 4.40. The Bertz CT molecular complexity index is 714. The van der Waals surface area contributed by atoms with E-state index < -0.39 is 0 Å². The molecule has 18 heavy (non-hydrogen) atoms. The van der Waals surface area contributed by atoms with Crippen LogP contribution in [0.2, 0.25) is 0 Å². The Kier molecular flexibility index (Phi) is 2.49. The highest BCUT2D eigenvalue weighted by atomic mass is 16.3. The molecule has 0 spiro atoms. The molecule has 1 aromatic heterocycles. The van der Waals surface area contributed by atoms with Gasteiger partial charge in [-0.25, -0.2) is 0 Å². The third-order valence-electron chi connectivity index (χ3n) is 3.18. The van der Waals surface area contributed by atoms with Crippen LogP contribution in [0.25, 0.3) is 21.9 Å². The average molecular weight is 235 g/mol. The van der Waals surface area contributed by atoms with Crippen molar-refractivity contribution in [1.29, 1.82) is 0 Å². The van der Waals surface area contributed by atoms with Gasteiger partial charge in [-0.05, 0) is 47.2 Å². The molecule has 3 aromatic rings. The van der Waals surface area contributed by atoms with E-state index in [1.807, 2.05) is 37.5 Å². The fraction of sp³-hybridized carbons (Fsp3) is 0.0625. The van der Waals surface area contributed by atoms with E-state index in [1.165, 1.54) is 10.9 Å². The summed E-state index contributed by atoms with van der Waals surface area (Å²) in [5.41, 5.74) is 3.39. The normalized spacial score (nSPS) is 10.7. The van der Waals surface area contributed by atoms with Crippen LogP contribution in [0.5, 0.6) is 5.75 Å². The zero-order chi connectivity index (χ0) is 12.5. The lowest BCUT2D eigenvalue weighted by Gasteiger charge is -2.09. The quantitative estimate of drug-likeness (QED) is 0.693. The molecule has 0 unspecified atom stereocenters. The molecule has 1 N–H and O–H groups in total. The van der Waals surface area contributed by atoms with E-state index in [0.717, 1.165) is 16.5 Å². The van der Waals surface area contributed by atoms with Gasteiger partial charge in [-0.3, -0.25) is 4.98 Å². The van der Waals surface area contributed by atoms with Crippen LogP contribution >= 0.6 is 0 Å². The zero-order valence-electron chi connectivity index (χ0n) is 10.1. The predicted octanol–water partition coefficient (Wildman–Crippen LogP) is 3.92. The summed E-state index contributed by atoms with van der Waals surface area (Å²) in [7, 11) is 0. The number of nitrogens with zero attached hydrogens (tertiary/aromatic N) is 1. The Morgan fingerprint density at radius 1 is 1.00 bits per heavy atom. The molecule has 3 rings (SSSR count). The first-order chi connectivity index (χ1) is 8.75. The lowest BCUT2D eigenvalue weighted by Crippen LogP contribution is -1.85. The summed E-state index contributed by atoms with van der Waals surface area (Å²) in [5, 5.41) is 11.8. The number of hydrogen-bond donors (Lipinski definition) is 1. The van der Waals surface area contributed by atoms with Crippen LogP contribution in [-0.4, -0.2) is 10.1 Å². The molecule has 2 nitrogen and oxygen atoms in total. The van der Waals surface area contributed by atoms with Gasteiger partial charge in [0.05, 0.1) is 0 Å². The van der Waals surface area contributed by atoms with Gasteiger partial charge in [-0.15, -0.1) is 0 Å². The Morgan fingerprint density at radius 3 is 2.72 bits per heavy atom. The molecule has 88 valence electrons. The summed E-state index contributed by atoms with van der Waals surface area (Å²) in [6, 6.07) is 13.7. The smallest absolute Gasteiger partial charge is 0.115 e. The summed E-state index contributed by atoms with van der Waals surface area (Å²) in [4.78, 5) is 4.14. The predicted molar refractivity (Wildman–Crippen MR) is 73.6 cm³/mol. The zero-order valence-corrected chi connectivity index (χ0v) is 10.1. The summed E-state index contributed by atoms with van der Waals surface area (Å²) in [5.74, 6) is 0.304. The molecule has 0 saturated heterocycles. The minimum atomic E-state index is 0.304. The van der Waals surface area contributed by atoms with Crippen molar-refractivity contribution < 1.29 is 5.11 Å². The van der Waals surface area contributed by atoms with Crippen LogP contribution < -0.4 is 0 Å². The number of aryl methyl sites for hydroxylation is 1. The van der Waals surface area contributed by atoms with Gasteiger partial charge in [-0.2, -0.15) is 0 Å². The number of phenols is 1. The van der Waals surface area contributed by atoms with Crippen molar-refractivity contribution >= 4 is 10.8 Å². The molecular formula is C16H13NO. The summed E-state index contributed by atoms with van der Waals surface area (Å²) in [6.45, 7) is 2.01. The van der Waals surface area contributed by atoms with Crippen molar-refractivity contribution in [3.8, 4) is 16.9 Å². The van der Waals surface area contributed by atoms with E-state index >= 15 is 0 Å². The molecule has 1 heterocycles. The number of benzene rings is 2. The summed E-state index contributed by atoms with van der Waals surface area (Å²) >= 11 is 0. The first-order valence-electron chi connectivity index (χ1n) is 5.88. The van der Waals surface area contributed by atoms with Crippen molar-refractivity contribution in [3.05, 3.63) is 60.4 Å². The molecule has 0 atom stereocenters. The minimum Gasteiger partial charge on any atom is -0.508 e. The van der Waals surface area contributed by atoms with Gasteiger partial charge < -0.3 is 5.11 Å². The number of aromatic hydroxyl groups is 1. The molecular weight excluding hydrogens is 222 g/mol. The maximum absolute atomic E-state index is 9.49. The van der Waals surface area contributed by atoms with E-state index in [9.17, 15) is 5.11 Å². The number of fused-ring (bicyclic) bond motifs is 1. The van der Waals surface area contributed by atoms with E-state index in [1.54, 1.807) is 12.1 Å². The third kappa shape index (κ3) is 1.72. The standard InChI is InChI=1S/C16H13NO/c1-11-9-13(18)5-6-14(11)16-4-2-3-12-10-17-8-7-15(12)16/h2-10,18H,1H3. The topological polar surface area (TPSA) is 33.1 Å². The second kappa shape index (κ2) is 4.15. The molecule has 2 heteroatoms. The molecule has 0 aliphatic rings. The van der Waals surface area contributed by atoms with Crippen LogP contribution in [0.15, 0.2) is 54.9 Å². The Morgan fingerprint density at radius 2 is 1.89 bits per heavy atom. The fourth-order valence-corrected chi connectivity index (χ4v) is 2.31. The van der Waals surface area contributed by atoms with Gasteiger partial charge in [0.2, 0.25) is 0 Å². The largest absolute Gasteiger partial charge is 0.508 e. The minimum absolute atomic E-state index is 0.304. The second-order valence-corrected chi connectivity index (χ2v) is 4.40. The number of rotatable bonds is 1. The summed E-state index contributed by atoms with van der Waals surface area (Å²) < 4.78 is 0. The molecule has 0 bridgehead atoms. The van der Waals surface area contributed by atoms with Crippen molar-refractivity contribution in [2.24, 2.45) is 0 Å². The van der Waals surface area contributed by atoms with Crippen LogP contribution in [0.1, 0.15) is 5.56 Å². The lowest BCUT2D eigenvalue weighted by atomic mass is 9.96. The SMILES string of the molecule is Cc1cc(O)ccc1-c1cccc2cnccc12. The van der Waals surface area contributed by atoms with Gasteiger partial charge in [0, 0.05) is 17.8 Å². The fourth-order valence-electron chi connectivity index (χ4n) is 2.31. The third-order valence-corrected chi connectivity index (χ3v) is 3.18. The summed E-state index contributed by atoms with van der Waals surface area (Å²) in [6.07, 6.45) is 3.68. The van der Waals surface area contributed by atoms with Crippen molar-refractivity contribution in [2.45, 2.75) is 6.92 Å². The van der Waals surface area contributed by atoms with Gasteiger partial charge in [0.25, 0.3) is 0 Å². The van der Waals surface area contributed by atoms with E-state index in [0.29, 0.717) is 5.75 Å². The van der Waals surface area contributed by atoms with Crippen LogP contribution in [0.4, 0.5) is 0 Å². The first kappa shape index (κ1) is 10.8. The highest BCUT2D eigenvalue weighted by Gasteiger charge is 2.06. The van der Waals surface area contributed by atoms with Crippen molar-refractivity contribution in [2.75, 3.05) is 0 Å². The number of pyridine rings is 1. The van der Waals surface area contributed by atoms with Gasteiger partial charge in [-0.1, -0.05) is 24.3 Å². The van der Waals surface area contributed by atoms with Crippen molar-refractivity contribution in [1.82, 2.24) is 4.98 Å². The Hall–Kier alpha value is -2.35. The maximum atomic E-state index is 9.49. The molecule has 0 aliphatic heterocycles. The van der Waals surface area contributed by atoms with E-state index in [4.69, 9.17) is 0 Å². The van der Waals surface area contributed by atoms with Crippen LogP contribution in [0.3, 0.4) is 0 Å². The highest BCUT2D eigenvalue weighted by Crippen LogP contribution is 2.31. The molecule has 2 aromatic carbocycles. The Balaban J connectivity index is 2.31. The molecule has 0 fully saturated rings. The molecule has 0 saturated carbocycles. The van der Waals surface area contributed by atoms with E-state index in [-0.39, 0.29) is 0 Å². The lowest BCUT2D eigenvalue weighted by molar-refractivity contribution is 0.475. The van der Waals surface area contributed by atoms with Gasteiger partial charge in [0.15, 0.2) is 0 Å². The number of hydrogen-bond acceptors (Lipinski definition) is 2. The van der Waals surface area contributed by atoms with Crippen LogP contribution in [0, 0.1) is 6.92 Å². The molecule has 0 aliphatic carbocycles. The molecule has 0 radical (unpaired) electrons. The Labute approximate surface area is 106 Å². The number of aromatic nitrogens is 1. The monoisotopic (exact) mass is 235 g/mol. The average Bonchev–Trinajstić information content (AvgIpc) is 2.38. The van der Waals surface area contributed by atoms with Crippen LogP contribution in [-0.2, 0) is 0 Å². The molecule has 0 amide bonds.